The average molecular weight is 200 g/mol. The Morgan fingerprint density at radius 1 is 1.21 bits per heavy atom. The van der Waals surface area contributed by atoms with Gasteiger partial charge in [-0.25, -0.2) is 0 Å². The fraction of sp³-hybridized carbons (Fsp3) is 0.818. The van der Waals surface area contributed by atoms with Crippen LogP contribution >= 0.6 is 0 Å². The second kappa shape index (κ2) is 5.25. The lowest BCUT2D eigenvalue weighted by Gasteiger charge is -2.23. The summed E-state index contributed by atoms with van der Waals surface area (Å²) in [6.45, 7) is 7.10. The second-order valence-corrected chi connectivity index (χ2v) is 4.01. The average Bonchev–Trinajstić information content (AvgIpc) is 2.14. The molecule has 3 heteroatoms. The van der Waals surface area contributed by atoms with Crippen LogP contribution in [0.4, 0.5) is 0 Å². The molecule has 1 unspecified atom stereocenters. The van der Waals surface area contributed by atoms with Gasteiger partial charge in [0.15, 0.2) is 17.2 Å². The molecule has 0 aromatic heterocycles. The Balaban J connectivity index is 4.68. The van der Waals surface area contributed by atoms with Gasteiger partial charge in [-0.2, -0.15) is 0 Å². The largest absolute Gasteiger partial charge is 0.375 e. The molecule has 0 spiro atoms. The number of carbonyl (C=O) groups excluding carboxylic acids is 2. The zero-order valence-electron chi connectivity index (χ0n) is 9.46. The summed E-state index contributed by atoms with van der Waals surface area (Å²) in [6.07, 6.45) is 0.634. The highest BCUT2D eigenvalue weighted by Crippen LogP contribution is 2.19. The lowest BCUT2D eigenvalue weighted by atomic mass is 9.85. The maximum absolute atomic E-state index is 11.6. The van der Waals surface area contributed by atoms with E-state index >= 15 is 0 Å². The van der Waals surface area contributed by atoms with E-state index in [2.05, 4.69) is 0 Å². The zero-order chi connectivity index (χ0) is 11.4. The van der Waals surface area contributed by atoms with E-state index in [9.17, 15) is 14.7 Å². The van der Waals surface area contributed by atoms with Crippen molar-refractivity contribution in [3.63, 3.8) is 0 Å². The highest BCUT2D eigenvalue weighted by atomic mass is 16.3. The minimum absolute atomic E-state index is 0.172. The van der Waals surface area contributed by atoms with Crippen LogP contribution in [0.3, 0.4) is 0 Å². The molecule has 0 heterocycles. The van der Waals surface area contributed by atoms with Crippen LogP contribution in [0.25, 0.3) is 0 Å². The normalized spacial score (nSPS) is 15.3. The molecule has 0 rings (SSSR count). The molecule has 1 atom stereocenters. The fourth-order valence-corrected chi connectivity index (χ4v) is 1.38. The molecule has 0 amide bonds. The van der Waals surface area contributed by atoms with Crippen molar-refractivity contribution >= 4 is 11.6 Å². The van der Waals surface area contributed by atoms with Gasteiger partial charge in [0.2, 0.25) is 0 Å². The van der Waals surface area contributed by atoms with Gasteiger partial charge in [0.05, 0.1) is 0 Å². The monoisotopic (exact) mass is 200 g/mol. The number of hydrogen-bond acceptors (Lipinski definition) is 3. The van der Waals surface area contributed by atoms with Gasteiger partial charge in [-0.3, -0.25) is 9.59 Å². The molecule has 0 aromatic rings. The number of rotatable bonds is 6. The van der Waals surface area contributed by atoms with Gasteiger partial charge >= 0.3 is 0 Å². The number of ketones is 2. The van der Waals surface area contributed by atoms with Crippen molar-refractivity contribution in [1.82, 2.24) is 0 Å². The van der Waals surface area contributed by atoms with Gasteiger partial charge in [-0.1, -0.05) is 27.7 Å². The third-order valence-electron chi connectivity index (χ3n) is 2.35. The van der Waals surface area contributed by atoms with Crippen LogP contribution < -0.4 is 0 Å². The van der Waals surface area contributed by atoms with Crippen molar-refractivity contribution in [2.24, 2.45) is 5.92 Å². The van der Waals surface area contributed by atoms with Crippen molar-refractivity contribution < 1.29 is 14.7 Å². The first-order valence-electron chi connectivity index (χ1n) is 5.17. The quantitative estimate of drug-likeness (QED) is 0.664. The molecular weight excluding hydrogens is 180 g/mol. The van der Waals surface area contributed by atoms with Gasteiger partial charge in [0, 0.05) is 12.8 Å². The third kappa shape index (κ3) is 2.91. The SMILES string of the molecule is CCC(=O)C(O)(CC)C(=O)CC(C)C. The van der Waals surface area contributed by atoms with Crippen LogP contribution in [-0.4, -0.2) is 22.3 Å². The van der Waals surface area contributed by atoms with Crippen molar-refractivity contribution in [2.45, 2.75) is 52.6 Å². The number of hydrogen-bond donors (Lipinski definition) is 1. The standard InChI is InChI=1S/C11H20O3/c1-5-9(12)11(14,6-2)10(13)7-8(3)4/h8,14H,5-7H2,1-4H3. The minimum atomic E-state index is -1.74. The Morgan fingerprint density at radius 2 is 1.71 bits per heavy atom. The fourth-order valence-electron chi connectivity index (χ4n) is 1.38. The predicted octanol–water partition coefficient (Wildman–Crippen LogP) is 1.72. The molecule has 0 radical (unpaired) electrons. The van der Waals surface area contributed by atoms with Crippen LogP contribution in [0.15, 0.2) is 0 Å². The highest BCUT2D eigenvalue weighted by molar-refractivity contribution is 6.09. The first kappa shape index (κ1) is 13.3. The van der Waals surface area contributed by atoms with Crippen molar-refractivity contribution in [1.29, 1.82) is 0 Å². The molecule has 0 saturated carbocycles. The van der Waals surface area contributed by atoms with E-state index in [1.165, 1.54) is 0 Å². The maximum Gasteiger partial charge on any atom is 0.180 e. The second-order valence-electron chi connectivity index (χ2n) is 4.01. The van der Waals surface area contributed by atoms with Crippen molar-refractivity contribution in [3.8, 4) is 0 Å². The molecule has 0 aromatic carbocycles. The van der Waals surface area contributed by atoms with E-state index in [-0.39, 0.29) is 36.7 Å². The number of Topliss-reactive ketones (excluding diaryl/α,β-unsaturated/α-hetero) is 2. The van der Waals surface area contributed by atoms with Crippen LogP contribution in [0.1, 0.15) is 47.0 Å². The smallest absolute Gasteiger partial charge is 0.180 e. The Hall–Kier alpha value is -0.700. The minimum Gasteiger partial charge on any atom is -0.375 e. The van der Waals surface area contributed by atoms with Crippen molar-refractivity contribution in [3.05, 3.63) is 0 Å². The summed E-state index contributed by atoms with van der Waals surface area (Å²) in [6, 6.07) is 0. The molecule has 3 nitrogen and oxygen atoms in total. The molecule has 1 N–H and O–H groups in total. The lowest BCUT2D eigenvalue weighted by molar-refractivity contribution is -0.151. The first-order chi connectivity index (χ1) is 6.38. The molecule has 0 bridgehead atoms. The van der Waals surface area contributed by atoms with Crippen LogP contribution in [0.5, 0.6) is 0 Å². The van der Waals surface area contributed by atoms with Crippen LogP contribution in [0, 0.1) is 5.92 Å². The summed E-state index contributed by atoms with van der Waals surface area (Å²) in [5, 5.41) is 9.91. The molecule has 0 saturated heterocycles. The van der Waals surface area contributed by atoms with Gasteiger partial charge in [-0.15, -0.1) is 0 Å². The van der Waals surface area contributed by atoms with Gasteiger partial charge < -0.3 is 5.11 Å². The molecule has 82 valence electrons. The van der Waals surface area contributed by atoms with Gasteiger partial charge in [0.1, 0.15) is 0 Å². The van der Waals surface area contributed by atoms with E-state index in [1.54, 1.807) is 13.8 Å². The number of carbonyl (C=O) groups is 2. The summed E-state index contributed by atoms with van der Waals surface area (Å²) >= 11 is 0. The van der Waals surface area contributed by atoms with Crippen LogP contribution in [0.2, 0.25) is 0 Å². The molecule has 14 heavy (non-hydrogen) atoms. The van der Waals surface area contributed by atoms with E-state index in [0.29, 0.717) is 0 Å². The Kier molecular flexibility index (Phi) is 4.99. The van der Waals surface area contributed by atoms with E-state index < -0.39 is 5.60 Å². The highest BCUT2D eigenvalue weighted by Gasteiger charge is 2.39. The third-order valence-corrected chi connectivity index (χ3v) is 2.35. The van der Waals surface area contributed by atoms with E-state index in [1.807, 2.05) is 13.8 Å². The summed E-state index contributed by atoms with van der Waals surface area (Å²) < 4.78 is 0. The predicted molar refractivity (Wildman–Crippen MR) is 55.0 cm³/mol. The lowest BCUT2D eigenvalue weighted by Crippen LogP contribution is -2.46. The summed E-state index contributed by atoms with van der Waals surface area (Å²) in [4.78, 5) is 23.1. The Labute approximate surface area is 85.5 Å². The number of aliphatic hydroxyl groups is 1. The first-order valence-corrected chi connectivity index (χ1v) is 5.17. The summed E-state index contributed by atoms with van der Waals surface area (Å²) in [7, 11) is 0. The van der Waals surface area contributed by atoms with E-state index in [4.69, 9.17) is 0 Å². The Bertz CT molecular complexity index is 221. The molecule has 0 aliphatic rings. The molecule has 0 fully saturated rings. The zero-order valence-corrected chi connectivity index (χ0v) is 9.46. The van der Waals surface area contributed by atoms with Gasteiger partial charge in [0.25, 0.3) is 0 Å². The molecule has 0 aliphatic heterocycles. The summed E-state index contributed by atoms with van der Waals surface area (Å²) in [5.41, 5.74) is -1.74. The van der Waals surface area contributed by atoms with Crippen molar-refractivity contribution in [2.75, 3.05) is 0 Å². The molecular formula is C11H20O3. The summed E-state index contributed by atoms with van der Waals surface area (Å²) in [5.74, 6) is -0.544. The Morgan fingerprint density at radius 3 is 2.00 bits per heavy atom. The topological polar surface area (TPSA) is 54.4 Å². The van der Waals surface area contributed by atoms with Crippen LogP contribution in [-0.2, 0) is 9.59 Å². The van der Waals surface area contributed by atoms with E-state index in [0.717, 1.165) is 0 Å². The maximum atomic E-state index is 11.6. The molecule has 0 aliphatic carbocycles. The van der Waals surface area contributed by atoms with Gasteiger partial charge in [-0.05, 0) is 12.3 Å².